The minimum Gasteiger partial charge on any atom is -0.481 e. The third-order valence-corrected chi connectivity index (χ3v) is 5.60. The lowest BCUT2D eigenvalue weighted by molar-refractivity contribution is -0.138. The van der Waals surface area contributed by atoms with Crippen molar-refractivity contribution >= 4 is 17.0 Å². The number of H-pyrrole nitrogens is 1. The van der Waals surface area contributed by atoms with Crippen LogP contribution in [0.2, 0.25) is 0 Å². The van der Waals surface area contributed by atoms with Gasteiger partial charge >= 0.3 is 5.97 Å². The Hall–Kier alpha value is -3.74. The third kappa shape index (κ3) is 3.63. The molecule has 0 radical (unpaired) electrons. The Morgan fingerprint density at radius 2 is 1.74 bits per heavy atom. The second-order valence-electron chi connectivity index (χ2n) is 7.68. The molecule has 1 aromatic heterocycles. The van der Waals surface area contributed by atoms with Crippen LogP contribution in [0.5, 0.6) is 6.01 Å². The molecule has 4 aromatic rings. The Labute approximate surface area is 176 Å². The van der Waals surface area contributed by atoms with Gasteiger partial charge in [-0.2, -0.15) is 4.98 Å². The number of nitrogens with one attached hydrogen (secondary N) is 1. The van der Waals surface area contributed by atoms with Gasteiger partial charge < -0.3 is 14.8 Å². The lowest BCUT2D eigenvalue weighted by Crippen LogP contribution is -2.06. The van der Waals surface area contributed by atoms with Crippen LogP contribution in [-0.2, 0) is 4.79 Å². The van der Waals surface area contributed by atoms with Crippen molar-refractivity contribution < 1.29 is 23.4 Å². The first-order chi connectivity index (χ1) is 15.0. The summed E-state index contributed by atoms with van der Waals surface area (Å²) in [6.07, 6.45) is 0.543. The molecule has 7 heteroatoms. The first-order valence-electron chi connectivity index (χ1n) is 9.90. The molecular weight excluding hydrogens is 402 g/mol. The van der Waals surface area contributed by atoms with Crippen molar-refractivity contribution in [1.82, 2.24) is 9.97 Å². The van der Waals surface area contributed by atoms with Crippen molar-refractivity contribution in [2.75, 3.05) is 6.61 Å². The average molecular weight is 420 g/mol. The molecule has 2 atom stereocenters. The molecule has 1 aliphatic rings. The standard InChI is InChI=1S/C24H18F2N2O3/c25-18-11-19-22(28-24(27-19)31-12-16-10-17(16)23(29)30)21(26)20(18)15-8-6-14(7-9-15)13-4-2-1-3-5-13/h1-9,11,16-17H,10,12H2,(H,27,28)(H,29,30). The number of fused-ring (bicyclic) bond motifs is 1. The van der Waals surface area contributed by atoms with E-state index < -0.39 is 23.5 Å². The number of nitrogens with zero attached hydrogens (tertiary/aromatic N) is 1. The maximum absolute atomic E-state index is 15.2. The lowest BCUT2D eigenvalue weighted by atomic mass is 9.99. The van der Waals surface area contributed by atoms with Gasteiger partial charge in [0.15, 0.2) is 5.82 Å². The fraction of sp³-hybridized carbons (Fsp3) is 0.167. The average Bonchev–Trinajstić information content (AvgIpc) is 3.45. The molecule has 2 unspecified atom stereocenters. The van der Waals surface area contributed by atoms with Crippen molar-refractivity contribution in [3.63, 3.8) is 0 Å². The van der Waals surface area contributed by atoms with E-state index in [0.29, 0.717) is 12.0 Å². The first kappa shape index (κ1) is 19.2. The van der Waals surface area contributed by atoms with Gasteiger partial charge in [-0.3, -0.25) is 4.79 Å². The molecule has 0 bridgehead atoms. The van der Waals surface area contributed by atoms with E-state index in [1.54, 1.807) is 12.1 Å². The van der Waals surface area contributed by atoms with Crippen molar-refractivity contribution in [2.24, 2.45) is 11.8 Å². The molecule has 0 amide bonds. The maximum Gasteiger partial charge on any atom is 0.306 e. The zero-order chi connectivity index (χ0) is 21.5. The smallest absolute Gasteiger partial charge is 0.306 e. The fourth-order valence-electron chi connectivity index (χ4n) is 3.77. The fourth-order valence-corrected chi connectivity index (χ4v) is 3.77. The SMILES string of the molecule is O=C(O)C1CC1COc1nc2c(F)c(-c3ccc(-c4ccccc4)cc3)c(F)cc2[nH]1. The van der Waals surface area contributed by atoms with E-state index in [4.69, 9.17) is 9.84 Å². The summed E-state index contributed by atoms with van der Waals surface area (Å²) >= 11 is 0. The van der Waals surface area contributed by atoms with Crippen LogP contribution in [0, 0.1) is 23.5 Å². The molecule has 0 aliphatic heterocycles. The van der Waals surface area contributed by atoms with Crippen molar-refractivity contribution in [3.05, 3.63) is 72.3 Å². The highest BCUT2D eigenvalue weighted by Gasteiger charge is 2.43. The summed E-state index contributed by atoms with van der Waals surface area (Å²) in [6.45, 7) is 0.161. The first-order valence-corrected chi connectivity index (χ1v) is 9.90. The molecule has 156 valence electrons. The maximum atomic E-state index is 15.2. The minimum atomic E-state index is -0.853. The molecule has 5 nitrogen and oxygen atoms in total. The van der Waals surface area contributed by atoms with Gasteiger partial charge in [-0.25, -0.2) is 8.78 Å². The monoisotopic (exact) mass is 420 g/mol. The van der Waals surface area contributed by atoms with Crippen LogP contribution in [0.1, 0.15) is 6.42 Å². The summed E-state index contributed by atoms with van der Waals surface area (Å²) in [6, 6.07) is 17.9. The molecule has 1 heterocycles. The minimum absolute atomic E-state index is 0.0240. The number of benzene rings is 3. The van der Waals surface area contributed by atoms with E-state index in [0.717, 1.165) is 11.1 Å². The Morgan fingerprint density at radius 3 is 2.42 bits per heavy atom. The van der Waals surface area contributed by atoms with Crippen LogP contribution in [0.4, 0.5) is 8.78 Å². The van der Waals surface area contributed by atoms with Crippen LogP contribution in [0.25, 0.3) is 33.3 Å². The summed E-state index contributed by atoms with van der Waals surface area (Å²) in [7, 11) is 0. The number of aromatic nitrogens is 2. The zero-order valence-electron chi connectivity index (χ0n) is 16.3. The summed E-state index contributed by atoms with van der Waals surface area (Å²) in [5.74, 6) is -2.84. The number of aromatic amines is 1. The summed E-state index contributed by atoms with van der Waals surface area (Å²) in [5.41, 5.74) is 2.37. The van der Waals surface area contributed by atoms with E-state index in [2.05, 4.69) is 9.97 Å². The van der Waals surface area contributed by atoms with Crippen LogP contribution < -0.4 is 4.74 Å². The number of halogens is 2. The third-order valence-electron chi connectivity index (χ3n) is 5.60. The Balaban J connectivity index is 1.42. The summed E-state index contributed by atoms with van der Waals surface area (Å²) in [4.78, 5) is 17.8. The number of carboxylic acid groups (broad SMARTS) is 1. The van der Waals surface area contributed by atoms with Crippen LogP contribution in [0.3, 0.4) is 0 Å². The van der Waals surface area contributed by atoms with Gasteiger partial charge in [-0.05, 0) is 23.1 Å². The van der Waals surface area contributed by atoms with Crippen molar-refractivity contribution in [3.8, 4) is 28.3 Å². The molecule has 5 rings (SSSR count). The van der Waals surface area contributed by atoms with E-state index >= 15 is 4.39 Å². The predicted molar refractivity (Wildman–Crippen MR) is 112 cm³/mol. The molecule has 2 N–H and O–H groups in total. The molecule has 0 spiro atoms. The van der Waals surface area contributed by atoms with E-state index in [1.165, 1.54) is 6.07 Å². The van der Waals surface area contributed by atoms with Crippen molar-refractivity contribution in [1.29, 1.82) is 0 Å². The molecule has 1 aliphatic carbocycles. The molecular formula is C24H18F2N2O3. The molecule has 31 heavy (non-hydrogen) atoms. The number of carboxylic acids is 1. The van der Waals surface area contributed by atoms with Gasteiger partial charge in [0, 0.05) is 12.0 Å². The predicted octanol–water partition coefficient (Wildman–Crippen LogP) is 5.27. The normalized spacial score (nSPS) is 17.6. The molecule has 1 fully saturated rings. The van der Waals surface area contributed by atoms with E-state index in [1.807, 2.05) is 42.5 Å². The van der Waals surface area contributed by atoms with Crippen LogP contribution in [-0.4, -0.2) is 27.7 Å². The summed E-state index contributed by atoms with van der Waals surface area (Å²) < 4.78 is 35.4. The Bertz CT molecular complexity index is 1270. The highest BCUT2D eigenvalue weighted by molar-refractivity contribution is 5.84. The number of hydrogen-bond acceptors (Lipinski definition) is 3. The summed E-state index contributed by atoms with van der Waals surface area (Å²) in [5, 5.41) is 8.95. The number of ether oxygens (including phenoxy) is 1. The van der Waals surface area contributed by atoms with Gasteiger partial charge in [0.1, 0.15) is 11.3 Å². The zero-order valence-corrected chi connectivity index (χ0v) is 16.3. The van der Waals surface area contributed by atoms with E-state index in [9.17, 15) is 9.18 Å². The van der Waals surface area contributed by atoms with Gasteiger partial charge in [0.25, 0.3) is 6.01 Å². The lowest BCUT2D eigenvalue weighted by Gasteiger charge is -2.08. The largest absolute Gasteiger partial charge is 0.481 e. The number of imidazole rings is 1. The second-order valence-corrected chi connectivity index (χ2v) is 7.68. The van der Waals surface area contributed by atoms with Gasteiger partial charge in [-0.1, -0.05) is 54.6 Å². The number of hydrogen-bond donors (Lipinski definition) is 2. The van der Waals surface area contributed by atoms with Gasteiger partial charge in [0.2, 0.25) is 0 Å². The van der Waals surface area contributed by atoms with Crippen LogP contribution >= 0.6 is 0 Å². The number of carbonyl (C=O) groups is 1. The number of rotatable bonds is 6. The van der Waals surface area contributed by atoms with Gasteiger partial charge in [-0.15, -0.1) is 0 Å². The number of aliphatic carboxylic acids is 1. The topological polar surface area (TPSA) is 75.2 Å². The van der Waals surface area contributed by atoms with E-state index in [-0.39, 0.29) is 35.1 Å². The quantitative estimate of drug-likeness (QED) is 0.445. The van der Waals surface area contributed by atoms with Crippen LogP contribution in [0.15, 0.2) is 60.7 Å². The highest BCUT2D eigenvalue weighted by Crippen LogP contribution is 2.39. The Kier molecular flexibility index (Phi) is 4.66. The molecule has 3 aromatic carbocycles. The second kappa shape index (κ2) is 7.50. The molecule has 0 saturated heterocycles. The van der Waals surface area contributed by atoms with Gasteiger partial charge in [0.05, 0.1) is 23.6 Å². The highest BCUT2D eigenvalue weighted by atomic mass is 19.1. The van der Waals surface area contributed by atoms with Crippen molar-refractivity contribution in [2.45, 2.75) is 6.42 Å². The Morgan fingerprint density at radius 1 is 1.06 bits per heavy atom. The molecule has 1 saturated carbocycles.